The van der Waals surface area contributed by atoms with E-state index in [-0.39, 0.29) is 0 Å². The second-order valence-corrected chi connectivity index (χ2v) is 6.84. The highest BCUT2D eigenvalue weighted by molar-refractivity contribution is 4.79. The monoisotopic (exact) mass is 298 g/mol. The molecule has 1 N–H and O–H groups in total. The van der Waals surface area contributed by atoms with Gasteiger partial charge in [0.25, 0.3) is 0 Å². The quantitative estimate of drug-likeness (QED) is 0.296. The van der Waals surface area contributed by atoms with Crippen molar-refractivity contribution in [2.45, 2.75) is 115 Å². The highest BCUT2D eigenvalue weighted by Crippen LogP contribution is 2.26. The van der Waals surface area contributed by atoms with E-state index in [9.17, 15) is 0 Å². The summed E-state index contributed by atoms with van der Waals surface area (Å²) in [6.45, 7) is 2.55. The summed E-state index contributed by atoms with van der Waals surface area (Å²) in [5.74, 6) is 0. The summed E-state index contributed by atoms with van der Waals surface area (Å²) in [7, 11) is 0. The molecule has 1 saturated heterocycles. The van der Waals surface area contributed by atoms with Gasteiger partial charge in [0.2, 0.25) is 0 Å². The second kappa shape index (κ2) is 13.6. The number of rotatable bonds is 16. The Hall–Kier alpha value is -0.0800. The van der Waals surface area contributed by atoms with Gasteiger partial charge in [-0.1, -0.05) is 83.5 Å². The zero-order valence-electron chi connectivity index (χ0n) is 14.3. The van der Waals surface area contributed by atoms with E-state index < -0.39 is 0 Å². The molecular weight excluding hydrogens is 260 g/mol. The lowest BCUT2D eigenvalue weighted by atomic mass is 10.0. The summed E-state index contributed by atoms with van der Waals surface area (Å²) in [4.78, 5) is 0. The third-order valence-electron chi connectivity index (χ3n) is 4.73. The topological polar surface area (TPSA) is 32.8 Å². The van der Waals surface area contributed by atoms with Crippen LogP contribution in [-0.2, 0) is 4.74 Å². The fourth-order valence-electron chi connectivity index (χ4n) is 3.11. The van der Waals surface area contributed by atoms with Gasteiger partial charge in [0.05, 0.1) is 12.2 Å². The highest BCUT2D eigenvalue weighted by atomic mass is 16.6. The molecule has 0 bridgehead atoms. The normalized spacial score (nSPS) is 20.9. The van der Waals surface area contributed by atoms with E-state index in [1.807, 2.05) is 0 Å². The number of epoxide rings is 1. The van der Waals surface area contributed by atoms with Crippen molar-refractivity contribution in [3.63, 3.8) is 0 Å². The van der Waals surface area contributed by atoms with Crippen molar-refractivity contribution in [3.8, 4) is 0 Å². The van der Waals surface area contributed by atoms with Gasteiger partial charge < -0.3 is 9.84 Å². The van der Waals surface area contributed by atoms with Gasteiger partial charge in [-0.15, -0.1) is 0 Å². The zero-order chi connectivity index (χ0) is 15.2. The van der Waals surface area contributed by atoms with Crippen LogP contribution in [-0.4, -0.2) is 23.9 Å². The molecule has 1 fully saturated rings. The van der Waals surface area contributed by atoms with Gasteiger partial charge in [-0.3, -0.25) is 0 Å². The van der Waals surface area contributed by atoms with Crippen LogP contribution in [0.5, 0.6) is 0 Å². The van der Waals surface area contributed by atoms with Crippen LogP contribution in [0.25, 0.3) is 0 Å². The first-order valence-electron chi connectivity index (χ1n) is 9.61. The molecular formula is C19H38O2. The van der Waals surface area contributed by atoms with Gasteiger partial charge in [-0.25, -0.2) is 0 Å². The minimum absolute atomic E-state index is 0.369. The third kappa shape index (κ3) is 12.2. The lowest BCUT2D eigenvalue weighted by Gasteiger charge is -2.03. The van der Waals surface area contributed by atoms with Crippen LogP contribution in [0.1, 0.15) is 103 Å². The predicted molar refractivity (Wildman–Crippen MR) is 90.7 cm³/mol. The SMILES string of the molecule is CC1OC1CCCCCCCCCCCCCCCCO. The highest BCUT2D eigenvalue weighted by Gasteiger charge is 2.32. The molecule has 2 unspecified atom stereocenters. The van der Waals surface area contributed by atoms with Gasteiger partial charge in [-0.2, -0.15) is 0 Å². The summed E-state index contributed by atoms with van der Waals surface area (Å²) >= 11 is 0. The molecule has 2 heteroatoms. The van der Waals surface area contributed by atoms with Crippen molar-refractivity contribution in [2.75, 3.05) is 6.61 Å². The minimum atomic E-state index is 0.369. The first kappa shape index (κ1) is 19.0. The summed E-state index contributed by atoms with van der Waals surface area (Å²) in [5.41, 5.74) is 0. The van der Waals surface area contributed by atoms with Crippen LogP contribution in [0.15, 0.2) is 0 Å². The number of unbranched alkanes of at least 4 members (excludes halogenated alkanes) is 13. The summed E-state index contributed by atoms with van der Waals surface area (Å²) in [6, 6.07) is 0. The third-order valence-corrected chi connectivity index (χ3v) is 4.73. The molecule has 0 aliphatic carbocycles. The maximum absolute atomic E-state index is 8.69. The molecule has 126 valence electrons. The van der Waals surface area contributed by atoms with E-state index in [0.29, 0.717) is 18.8 Å². The molecule has 0 aromatic heterocycles. The summed E-state index contributed by atoms with van der Waals surface area (Å²) in [5, 5.41) is 8.69. The van der Waals surface area contributed by atoms with Crippen LogP contribution in [0, 0.1) is 0 Å². The Labute approximate surface area is 132 Å². The maximum atomic E-state index is 8.69. The van der Waals surface area contributed by atoms with Crippen LogP contribution in [0.3, 0.4) is 0 Å². The number of ether oxygens (including phenoxy) is 1. The average Bonchev–Trinajstić information content (AvgIpc) is 3.19. The summed E-state index contributed by atoms with van der Waals surface area (Å²) < 4.78 is 5.42. The van der Waals surface area contributed by atoms with Gasteiger partial charge in [0.15, 0.2) is 0 Å². The molecule has 2 nitrogen and oxygen atoms in total. The van der Waals surface area contributed by atoms with Crippen LogP contribution in [0.4, 0.5) is 0 Å². The molecule has 0 radical (unpaired) electrons. The van der Waals surface area contributed by atoms with Crippen LogP contribution < -0.4 is 0 Å². The molecule has 0 aromatic rings. The lowest BCUT2D eigenvalue weighted by molar-refractivity contribution is 0.282. The van der Waals surface area contributed by atoms with Crippen molar-refractivity contribution < 1.29 is 9.84 Å². The molecule has 1 aliphatic heterocycles. The molecule has 1 aliphatic rings. The van der Waals surface area contributed by atoms with Crippen molar-refractivity contribution in [2.24, 2.45) is 0 Å². The standard InChI is InChI=1S/C19H38O2/c1-18-19(21-18)16-14-12-10-8-6-4-2-3-5-7-9-11-13-15-17-20/h18-20H,2-17H2,1H3. The van der Waals surface area contributed by atoms with E-state index in [4.69, 9.17) is 9.84 Å². The largest absolute Gasteiger partial charge is 0.396 e. The number of hydrogen-bond donors (Lipinski definition) is 1. The first-order chi connectivity index (χ1) is 10.3. The lowest BCUT2D eigenvalue weighted by Crippen LogP contribution is -1.89. The van der Waals surface area contributed by atoms with E-state index in [1.165, 1.54) is 89.9 Å². The molecule has 1 heterocycles. The smallest absolute Gasteiger partial charge is 0.0839 e. The van der Waals surface area contributed by atoms with E-state index in [1.54, 1.807) is 0 Å². The Kier molecular flexibility index (Phi) is 12.3. The molecule has 0 spiro atoms. The zero-order valence-corrected chi connectivity index (χ0v) is 14.3. The number of hydrogen-bond acceptors (Lipinski definition) is 2. The van der Waals surface area contributed by atoms with Crippen molar-refractivity contribution in [1.29, 1.82) is 0 Å². The van der Waals surface area contributed by atoms with E-state index in [0.717, 1.165) is 6.42 Å². The maximum Gasteiger partial charge on any atom is 0.0839 e. The Morgan fingerprint density at radius 3 is 1.29 bits per heavy atom. The average molecular weight is 299 g/mol. The predicted octanol–water partition coefficient (Wildman–Crippen LogP) is 5.62. The number of aliphatic hydroxyl groups is 1. The Morgan fingerprint density at radius 1 is 0.619 bits per heavy atom. The summed E-state index contributed by atoms with van der Waals surface area (Å²) in [6.07, 6.45) is 21.5. The minimum Gasteiger partial charge on any atom is -0.396 e. The Bertz CT molecular complexity index is 218. The molecule has 21 heavy (non-hydrogen) atoms. The van der Waals surface area contributed by atoms with Crippen molar-refractivity contribution in [3.05, 3.63) is 0 Å². The van der Waals surface area contributed by atoms with Gasteiger partial charge in [-0.05, 0) is 19.8 Å². The van der Waals surface area contributed by atoms with E-state index in [2.05, 4.69) is 6.92 Å². The number of aliphatic hydroxyl groups excluding tert-OH is 1. The van der Waals surface area contributed by atoms with E-state index >= 15 is 0 Å². The van der Waals surface area contributed by atoms with Crippen LogP contribution in [0.2, 0.25) is 0 Å². The molecule has 0 saturated carbocycles. The van der Waals surface area contributed by atoms with Gasteiger partial charge in [0, 0.05) is 6.61 Å². The Morgan fingerprint density at radius 2 is 0.952 bits per heavy atom. The molecule has 0 aromatic carbocycles. The molecule has 2 atom stereocenters. The fraction of sp³-hybridized carbons (Fsp3) is 1.00. The second-order valence-electron chi connectivity index (χ2n) is 6.84. The van der Waals surface area contributed by atoms with Gasteiger partial charge in [0.1, 0.15) is 0 Å². The van der Waals surface area contributed by atoms with Crippen LogP contribution >= 0.6 is 0 Å². The Balaban J connectivity index is 1.62. The van der Waals surface area contributed by atoms with Gasteiger partial charge >= 0.3 is 0 Å². The molecule has 0 amide bonds. The van der Waals surface area contributed by atoms with Crippen molar-refractivity contribution in [1.82, 2.24) is 0 Å². The fourth-order valence-corrected chi connectivity index (χ4v) is 3.11. The molecule has 1 rings (SSSR count). The first-order valence-corrected chi connectivity index (χ1v) is 9.61. The van der Waals surface area contributed by atoms with Crippen molar-refractivity contribution >= 4 is 0 Å².